The molecule has 1 aromatic heterocycles. The van der Waals surface area contributed by atoms with E-state index in [4.69, 9.17) is 0 Å². The molecule has 7 heteroatoms. The van der Waals surface area contributed by atoms with Crippen LogP contribution in [-0.2, 0) is 11.2 Å². The Hall–Kier alpha value is -2.54. The maximum absolute atomic E-state index is 11.8. The zero-order chi connectivity index (χ0) is 19.2. The normalized spacial score (nSPS) is 17.3. The third-order valence-corrected chi connectivity index (χ3v) is 5.22. The molecule has 2 N–H and O–H groups in total. The van der Waals surface area contributed by atoms with Gasteiger partial charge in [-0.05, 0) is 43.0 Å². The minimum Gasteiger partial charge on any atom is -0.481 e. The molecule has 1 aliphatic heterocycles. The predicted molar refractivity (Wildman–Crippen MR) is 103 cm³/mol. The maximum Gasteiger partial charge on any atom is 0.307 e. The van der Waals surface area contributed by atoms with Crippen molar-refractivity contribution >= 4 is 11.5 Å². The van der Waals surface area contributed by atoms with Crippen LogP contribution in [0, 0.1) is 5.92 Å². The number of aliphatic carboxylic acids is 1. The second kappa shape index (κ2) is 8.90. The number of carbonyl (C=O) groups is 1. The molecule has 144 valence electrons. The van der Waals surface area contributed by atoms with Crippen molar-refractivity contribution in [3.8, 4) is 0 Å². The first-order valence-electron chi connectivity index (χ1n) is 9.51. The number of carboxylic acid groups (broad SMARTS) is 1. The van der Waals surface area contributed by atoms with Crippen LogP contribution in [0.5, 0.6) is 0 Å². The fourth-order valence-electron chi connectivity index (χ4n) is 3.76. The topological polar surface area (TPSA) is 95.0 Å². The quantitative estimate of drug-likeness (QED) is 0.743. The lowest BCUT2D eigenvalue weighted by Gasteiger charge is -2.23. The number of hydrogen-bond donors (Lipinski definition) is 2. The molecule has 2 aromatic rings. The van der Waals surface area contributed by atoms with Gasteiger partial charge in [0.1, 0.15) is 0 Å². The largest absolute Gasteiger partial charge is 0.481 e. The average Bonchev–Trinajstić information content (AvgIpc) is 3.19. The van der Waals surface area contributed by atoms with Gasteiger partial charge in [0.25, 0.3) is 0 Å². The van der Waals surface area contributed by atoms with Gasteiger partial charge in [0.05, 0.1) is 5.92 Å². The fourth-order valence-corrected chi connectivity index (χ4v) is 3.76. The second-order valence-corrected chi connectivity index (χ2v) is 7.27. The number of likely N-dealkylation sites (N-methyl/N-ethyl adjacent to an activating group) is 1. The third-order valence-electron chi connectivity index (χ3n) is 5.22. The van der Waals surface area contributed by atoms with Crippen molar-refractivity contribution in [3.05, 3.63) is 47.3 Å². The molecule has 2 heterocycles. The molecule has 1 aromatic carbocycles. The van der Waals surface area contributed by atoms with Gasteiger partial charge in [-0.15, -0.1) is 10.2 Å². The SMILES string of the molecule is CCCC(C(=O)O)C(Cc1ccc(C2=CCCN(C)C2)cc1)c1nn[nH]n1. The van der Waals surface area contributed by atoms with E-state index in [1.165, 1.54) is 11.1 Å². The number of tetrazole rings is 1. The Morgan fingerprint density at radius 2 is 2.11 bits per heavy atom. The Labute approximate surface area is 159 Å². The highest BCUT2D eigenvalue weighted by molar-refractivity contribution is 5.71. The van der Waals surface area contributed by atoms with Gasteiger partial charge in [-0.2, -0.15) is 5.21 Å². The molecule has 0 saturated carbocycles. The van der Waals surface area contributed by atoms with E-state index in [9.17, 15) is 9.90 Å². The number of hydrogen-bond acceptors (Lipinski definition) is 5. The first kappa shape index (κ1) is 19.2. The summed E-state index contributed by atoms with van der Waals surface area (Å²) in [6.07, 6.45) is 5.34. The highest BCUT2D eigenvalue weighted by Gasteiger charge is 2.32. The fraction of sp³-hybridized carbons (Fsp3) is 0.500. The molecule has 3 rings (SSSR count). The molecule has 2 unspecified atom stereocenters. The van der Waals surface area contributed by atoms with E-state index in [1.807, 2.05) is 6.92 Å². The number of nitrogens with one attached hydrogen (secondary N) is 1. The first-order chi connectivity index (χ1) is 13.1. The smallest absolute Gasteiger partial charge is 0.307 e. The van der Waals surface area contributed by atoms with Gasteiger partial charge in [-0.25, -0.2) is 0 Å². The Bertz CT molecular complexity index is 770. The number of carboxylic acids is 1. The lowest BCUT2D eigenvalue weighted by atomic mass is 9.83. The van der Waals surface area contributed by atoms with E-state index in [2.05, 4.69) is 62.9 Å². The summed E-state index contributed by atoms with van der Waals surface area (Å²) < 4.78 is 0. The lowest BCUT2D eigenvalue weighted by Crippen LogP contribution is -2.25. The molecule has 0 amide bonds. The summed E-state index contributed by atoms with van der Waals surface area (Å²) in [6.45, 7) is 4.05. The van der Waals surface area contributed by atoms with Crippen LogP contribution in [-0.4, -0.2) is 56.7 Å². The molecule has 0 fully saturated rings. The van der Waals surface area contributed by atoms with Crippen molar-refractivity contribution in [2.75, 3.05) is 20.1 Å². The Kier molecular flexibility index (Phi) is 6.34. The van der Waals surface area contributed by atoms with Crippen molar-refractivity contribution in [2.24, 2.45) is 5.92 Å². The highest BCUT2D eigenvalue weighted by Crippen LogP contribution is 2.30. The lowest BCUT2D eigenvalue weighted by molar-refractivity contribution is -0.142. The van der Waals surface area contributed by atoms with Crippen molar-refractivity contribution in [1.82, 2.24) is 25.5 Å². The molecule has 0 bridgehead atoms. The van der Waals surface area contributed by atoms with Gasteiger partial charge in [0.2, 0.25) is 0 Å². The molecule has 7 nitrogen and oxygen atoms in total. The van der Waals surface area contributed by atoms with E-state index in [-0.39, 0.29) is 5.92 Å². The molecular weight excluding hydrogens is 342 g/mol. The van der Waals surface area contributed by atoms with Gasteiger partial charge < -0.3 is 10.0 Å². The summed E-state index contributed by atoms with van der Waals surface area (Å²) in [7, 11) is 2.14. The van der Waals surface area contributed by atoms with E-state index in [0.29, 0.717) is 18.7 Å². The summed E-state index contributed by atoms with van der Waals surface area (Å²) in [6, 6.07) is 8.43. The summed E-state index contributed by atoms with van der Waals surface area (Å²) in [5.74, 6) is -1.16. The number of aromatic amines is 1. The number of benzene rings is 1. The highest BCUT2D eigenvalue weighted by atomic mass is 16.4. The Morgan fingerprint density at radius 1 is 1.33 bits per heavy atom. The van der Waals surface area contributed by atoms with Crippen LogP contribution in [0.15, 0.2) is 30.3 Å². The van der Waals surface area contributed by atoms with Crippen LogP contribution in [0.4, 0.5) is 0 Å². The van der Waals surface area contributed by atoms with Crippen LogP contribution in [0.2, 0.25) is 0 Å². The molecular formula is C20H27N5O2. The zero-order valence-electron chi connectivity index (χ0n) is 15.9. The minimum atomic E-state index is -0.807. The predicted octanol–water partition coefficient (Wildman–Crippen LogP) is 2.75. The summed E-state index contributed by atoms with van der Waals surface area (Å²) in [5.41, 5.74) is 3.66. The zero-order valence-corrected chi connectivity index (χ0v) is 15.9. The van der Waals surface area contributed by atoms with Crippen molar-refractivity contribution in [1.29, 1.82) is 0 Å². The summed E-state index contributed by atoms with van der Waals surface area (Å²) in [5, 5.41) is 23.9. The van der Waals surface area contributed by atoms with Crippen molar-refractivity contribution < 1.29 is 9.90 Å². The van der Waals surface area contributed by atoms with Gasteiger partial charge in [-0.1, -0.05) is 48.9 Å². The summed E-state index contributed by atoms with van der Waals surface area (Å²) in [4.78, 5) is 14.1. The maximum atomic E-state index is 11.8. The Balaban J connectivity index is 1.79. The molecule has 2 atom stereocenters. The molecule has 27 heavy (non-hydrogen) atoms. The third kappa shape index (κ3) is 4.80. The van der Waals surface area contributed by atoms with Gasteiger partial charge in [-0.3, -0.25) is 4.79 Å². The van der Waals surface area contributed by atoms with Crippen LogP contribution in [0.3, 0.4) is 0 Å². The molecule has 1 aliphatic rings. The van der Waals surface area contributed by atoms with Crippen LogP contribution in [0.25, 0.3) is 5.57 Å². The van der Waals surface area contributed by atoms with Gasteiger partial charge in [0, 0.05) is 19.0 Å². The van der Waals surface area contributed by atoms with E-state index >= 15 is 0 Å². The monoisotopic (exact) mass is 369 g/mol. The van der Waals surface area contributed by atoms with Crippen molar-refractivity contribution in [3.63, 3.8) is 0 Å². The van der Waals surface area contributed by atoms with E-state index < -0.39 is 11.9 Å². The standard InChI is InChI=1S/C20H27N5O2/c1-3-5-17(20(26)27)18(19-21-23-24-22-19)12-14-7-9-15(10-8-14)16-6-4-11-25(2)13-16/h6-10,17-18H,3-5,11-13H2,1-2H3,(H,26,27)(H,21,22,23,24). The number of nitrogens with zero attached hydrogens (tertiary/aromatic N) is 4. The Morgan fingerprint density at radius 3 is 2.70 bits per heavy atom. The molecule has 0 spiro atoms. The molecule has 0 aliphatic carbocycles. The average molecular weight is 369 g/mol. The first-order valence-corrected chi connectivity index (χ1v) is 9.51. The van der Waals surface area contributed by atoms with Crippen LogP contribution < -0.4 is 0 Å². The second-order valence-electron chi connectivity index (χ2n) is 7.27. The number of aromatic nitrogens is 4. The number of rotatable bonds is 8. The molecule has 0 radical (unpaired) electrons. The van der Waals surface area contributed by atoms with E-state index in [0.717, 1.165) is 31.5 Å². The number of H-pyrrole nitrogens is 1. The van der Waals surface area contributed by atoms with E-state index in [1.54, 1.807) is 0 Å². The molecule has 0 saturated heterocycles. The minimum absolute atomic E-state index is 0.299. The van der Waals surface area contributed by atoms with Gasteiger partial charge in [0.15, 0.2) is 5.82 Å². The van der Waals surface area contributed by atoms with Crippen molar-refractivity contribution in [2.45, 2.75) is 38.5 Å². The van der Waals surface area contributed by atoms with Crippen LogP contribution >= 0.6 is 0 Å². The van der Waals surface area contributed by atoms with Crippen LogP contribution in [0.1, 0.15) is 49.1 Å². The summed E-state index contributed by atoms with van der Waals surface area (Å²) >= 11 is 0. The van der Waals surface area contributed by atoms with Gasteiger partial charge >= 0.3 is 5.97 Å².